The molecule has 2 aromatic rings. The van der Waals surface area contributed by atoms with Crippen LogP contribution < -0.4 is 10.6 Å². The van der Waals surface area contributed by atoms with Gasteiger partial charge in [-0.05, 0) is 38.9 Å². The van der Waals surface area contributed by atoms with Crippen LogP contribution in [-0.4, -0.2) is 29.3 Å². The first-order chi connectivity index (χ1) is 9.20. The molecular weight excluding hydrogens is 236 g/mol. The summed E-state index contributed by atoms with van der Waals surface area (Å²) in [4.78, 5) is 0. The average molecular weight is 256 g/mol. The van der Waals surface area contributed by atoms with Crippen molar-refractivity contribution in [2.75, 3.05) is 18.4 Å². The van der Waals surface area contributed by atoms with Crippen molar-refractivity contribution < 1.29 is 0 Å². The number of hydrogen-bond acceptors (Lipinski definition) is 3. The molecule has 4 heteroatoms. The maximum Gasteiger partial charge on any atom is 0.148 e. The summed E-state index contributed by atoms with van der Waals surface area (Å²) in [6.45, 7) is 6.35. The highest BCUT2D eigenvalue weighted by Gasteiger charge is 2.15. The predicted molar refractivity (Wildman–Crippen MR) is 78.4 cm³/mol. The molecule has 1 atom stereocenters. The van der Waals surface area contributed by atoms with E-state index < -0.39 is 0 Å². The van der Waals surface area contributed by atoms with Gasteiger partial charge in [0.1, 0.15) is 5.82 Å². The van der Waals surface area contributed by atoms with Crippen LogP contribution >= 0.6 is 0 Å². The highest BCUT2D eigenvalue weighted by atomic mass is 15.2. The fraction of sp³-hybridized carbons (Fsp3) is 0.400. The molecule has 1 aromatic carbocycles. The summed E-state index contributed by atoms with van der Waals surface area (Å²) >= 11 is 0. The summed E-state index contributed by atoms with van der Waals surface area (Å²) in [6.07, 6.45) is 1.16. The van der Waals surface area contributed by atoms with Crippen LogP contribution in [0.2, 0.25) is 0 Å². The molecule has 2 heterocycles. The Morgan fingerprint density at radius 2 is 1.95 bits per heavy atom. The van der Waals surface area contributed by atoms with E-state index in [-0.39, 0.29) is 0 Å². The molecule has 1 fully saturated rings. The first-order valence-electron chi connectivity index (χ1n) is 6.82. The summed E-state index contributed by atoms with van der Waals surface area (Å²) in [5.74, 6) is 0.933. The van der Waals surface area contributed by atoms with E-state index in [0.717, 1.165) is 31.0 Å². The van der Waals surface area contributed by atoms with E-state index in [1.54, 1.807) is 0 Å². The zero-order valence-corrected chi connectivity index (χ0v) is 11.5. The first-order valence-corrected chi connectivity index (χ1v) is 6.82. The molecule has 3 N–H and O–H groups in total. The standard InChI is InChI=1S/C15H20N4/c1-10-5-11(2)7-12(6-10)14-8-15(19-18-14)17-13-3-4-16-9-13/h5-8,13,16H,3-4,9H2,1-2H3,(H2,17,18,19). The highest BCUT2D eigenvalue weighted by molar-refractivity contribution is 5.64. The lowest BCUT2D eigenvalue weighted by atomic mass is 10.1. The van der Waals surface area contributed by atoms with Crippen molar-refractivity contribution >= 4 is 5.82 Å². The maximum absolute atomic E-state index is 4.35. The smallest absolute Gasteiger partial charge is 0.148 e. The second-order valence-electron chi connectivity index (χ2n) is 5.38. The molecule has 0 amide bonds. The number of nitrogens with zero attached hydrogens (tertiary/aromatic N) is 1. The molecule has 100 valence electrons. The molecule has 1 aromatic heterocycles. The number of benzene rings is 1. The molecule has 0 spiro atoms. The second-order valence-corrected chi connectivity index (χ2v) is 5.38. The number of aromatic amines is 1. The zero-order valence-electron chi connectivity index (χ0n) is 11.5. The van der Waals surface area contributed by atoms with Crippen LogP contribution in [0.25, 0.3) is 11.3 Å². The third kappa shape index (κ3) is 2.79. The Kier molecular flexibility index (Phi) is 3.25. The van der Waals surface area contributed by atoms with Crippen molar-refractivity contribution in [1.29, 1.82) is 0 Å². The van der Waals surface area contributed by atoms with Crippen LogP contribution in [0.15, 0.2) is 24.3 Å². The molecule has 3 rings (SSSR count). The minimum Gasteiger partial charge on any atom is -0.365 e. The third-order valence-corrected chi connectivity index (χ3v) is 3.52. The summed E-state index contributed by atoms with van der Waals surface area (Å²) < 4.78 is 0. The van der Waals surface area contributed by atoms with Gasteiger partial charge < -0.3 is 10.6 Å². The van der Waals surface area contributed by atoms with Gasteiger partial charge in [-0.25, -0.2) is 0 Å². The quantitative estimate of drug-likeness (QED) is 0.790. The monoisotopic (exact) mass is 256 g/mol. The molecule has 1 aliphatic heterocycles. The Bertz CT molecular complexity index is 547. The molecule has 1 saturated heterocycles. The lowest BCUT2D eigenvalue weighted by molar-refractivity contribution is 0.786. The van der Waals surface area contributed by atoms with Crippen LogP contribution in [0.5, 0.6) is 0 Å². The van der Waals surface area contributed by atoms with E-state index in [9.17, 15) is 0 Å². The van der Waals surface area contributed by atoms with Gasteiger partial charge in [0, 0.05) is 24.2 Å². The second kappa shape index (κ2) is 5.05. The van der Waals surface area contributed by atoms with E-state index in [0.29, 0.717) is 6.04 Å². The maximum atomic E-state index is 4.35. The lowest BCUT2D eigenvalue weighted by Gasteiger charge is -2.08. The largest absolute Gasteiger partial charge is 0.365 e. The zero-order chi connectivity index (χ0) is 13.2. The van der Waals surface area contributed by atoms with E-state index in [1.165, 1.54) is 16.7 Å². The molecule has 1 unspecified atom stereocenters. The van der Waals surface area contributed by atoms with Gasteiger partial charge in [-0.1, -0.05) is 17.2 Å². The van der Waals surface area contributed by atoms with Crippen LogP contribution in [-0.2, 0) is 0 Å². The SMILES string of the molecule is Cc1cc(C)cc(-c2cc(NC3CCNC3)n[nH]2)c1. The molecule has 0 bridgehead atoms. The van der Waals surface area contributed by atoms with E-state index in [4.69, 9.17) is 0 Å². The Morgan fingerprint density at radius 3 is 2.63 bits per heavy atom. The first kappa shape index (κ1) is 12.2. The Hall–Kier alpha value is -1.81. The van der Waals surface area contributed by atoms with Crippen molar-refractivity contribution in [3.05, 3.63) is 35.4 Å². The predicted octanol–water partition coefficient (Wildman–Crippen LogP) is 2.47. The van der Waals surface area contributed by atoms with Gasteiger partial charge in [0.05, 0.1) is 5.69 Å². The number of anilines is 1. The minimum absolute atomic E-state index is 0.496. The van der Waals surface area contributed by atoms with Crippen LogP contribution in [0.4, 0.5) is 5.82 Å². The van der Waals surface area contributed by atoms with Crippen LogP contribution in [0, 0.1) is 13.8 Å². The van der Waals surface area contributed by atoms with E-state index in [2.05, 4.69) is 58.9 Å². The normalized spacial score (nSPS) is 18.7. The molecule has 0 radical (unpaired) electrons. The fourth-order valence-electron chi connectivity index (χ4n) is 2.66. The van der Waals surface area contributed by atoms with Crippen molar-refractivity contribution in [1.82, 2.24) is 15.5 Å². The topological polar surface area (TPSA) is 52.7 Å². The molecule has 0 saturated carbocycles. The molecule has 4 nitrogen and oxygen atoms in total. The Morgan fingerprint density at radius 1 is 1.16 bits per heavy atom. The lowest BCUT2D eigenvalue weighted by Crippen LogP contribution is -2.22. The molecular formula is C15H20N4. The number of aromatic nitrogens is 2. The minimum atomic E-state index is 0.496. The number of aryl methyl sites for hydroxylation is 2. The van der Waals surface area contributed by atoms with Gasteiger partial charge in [-0.2, -0.15) is 5.10 Å². The van der Waals surface area contributed by atoms with Crippen molar-refractivity contribution in [2.24, 2.45) is 0 Å². The highest BCUT2D eigenvalue weighted by Crippen LogP contribution is 2.23. The molecule has 0 aliphatic carbocycles. The van der Waals surface area contributed by atoms with E-state index in [1.807, 2.05) is 0 Å². The molecule has 1 aliphatic rings. The molecule has 19 heavy (non-hydrogen) atoms. The summed E-state index contributed by atoms with van der Waals surface area (Å²) in [7, 11) is 0. The van der Waals surface area contributed by atoms with Gasteiger partial charge in [0.15, 0.2) is 0 Å². The Labute approximate surface area is 113 Å². The number of hydrogen-bond donors (Lipinski definition) is 3. The van der Waals surface area contributed by atoms with Gasteiger partial charge >= 0.3 is 0 Å². The third-order valence-electron chi connectivity index (χ3n) is 3.52. The van der Waals surface area contributed by atoms with Crippen molar-refractivity contribution in [2.45, 2.75) is 26.3 Å². The summed E-state index contributed by atoms with van der Waals surface area (Å²) in [5, 5.41) is 14.3. The van der Waals surface area contributed by atoms with Gasteiger partial charge in [0.25, 0.3) is 0 Å². The van der Waals surface area contributed by atoms with Crippen molar-refractivity contribution in [3.63, 3.8) is 0 Å². The number of H-pyrrole nitrogens is 1. The van der Waals surface area contributed by atoms with Crippen LogP contribution in [0.3, 0.4) is 0 Å². The van der Waals surface area contributed by atoms with Crippen LogP contribution in [0.1, 0.15) is 17.5 Å². The fourth-order valence-corrected chi connectivity index (χ4v) is 2.66. The van der Waals surface area contributed by atoms with Gasteiger partial charge in [-0.3, -0.25) is 5.10 Å². The number of nitrogens with one attached hydrogen (secondary N) is 3. The number of rotatable bonds is 3. The summed E-state index contributed by atoms with van der Waals surface area (Å²) in [5.41, 5.74) is 4.82. The van der Waals surface area contributed by atoms with Crippen molar-refractivity contribution in [3.8, 4) is 11.3 Å². The summed E-state index contributed by atoms with van der Waals surface area (Å²) in [6, 6.07) is 9.13. The van der Waals surface area contributed by atoms with Gasteiger partial charge in [0.2, 0.25) is 0 Å². The van der Waals surface area contributed by atoms with E-state index >= 15 is 0 Å². The average Bonchev–Trinajstić information content (AvgIpc) is 2.99. The van der Waals surface area contributed by atoms with Gasteiger partial charge in [-0.15, -0.1) is 0 Å². The Balaban J connectivity index is 1.79.